The van der Waals surface area contributed by atoms with E-state index < -0.39 is 17.7 Å². The standard InChI is InChI=1S/C18H14Cl2F3IN4O2/c19-13-2-1-11(18(21,22)23)8-12(13)15(26-24)27-3-5-28(6-4-27)16-14(20)7-10(9-25-16)17(29)30/h1-2,7-9H,3-6H2,(H,29,30). The lowest BCUT2D eigenvalue weighted by atomic mass is 10.1. The second-order valence-corrected chi connectivity index (χ2v) is 7.71. The Balaban J connectivity index is 1.78. The summed E-state index contributed by atoms with van der Waals surface area (Å²) < 4.78 is 43.5. The van der Waals surface area contributed by atoms with Crippen LogP contribution in [0.1, 0.15) is 21.5 Å². The van der Waals surface area contributed by atoms with Crippen molar-refractivity contribution in [2.75, 3.05) is 31.1 Å². The third-order valence-corrected chi connectivity index (χ3v) is 5.63. The van der Waals surface area contributed by atoms with Crippen LogP contribution in [-0.2, 0) is 6.18 Å². The number of amidine groups is 1. The lowest BCUT2D eigenvalue weighted by molar-refractivity contribution is -0.137. The molecule has 0 spiro atoms. The van der Waals surface area contributed by atoms with E-state index in [1.807, 2.05) is 9.80 Å². The zero-order valence-corrected chi connectivity index (χ0v) is 18.8. The van der Waals surface area contributed by atoms with Crippen molar-refractivity contribution in [3.63, 3.8) is 0 Å². The molecule has 0 amide bonds. The topological polar surface area (TPSA) is 69.0 Å². The number of piperazine rings is 1. The maximum Gasteiger partial charge on any atom is 0.416 e. The van der Waals surface area contributed by atoms with Crippen LogP contribution in [0.5, 0.6) is 0 Å². The summed E-state index contributed by atoms with van der Waals surface area (Å²) in [6, 6.07) is 4.47. The minimum absolute atomic E-state index is 0.0131. The van der Waals surface area contributed by atoms with E-state index in [4.69, 9.17) is 28.3 Å². The van der Waals surface area contributed by atoms with Gasteiger partial charge >= 0.3 is 12.1 Å². The largest absolute Gasteiger partial charge is 0.478 e. The molecule has 1 aromatic heterocycles. The van der Waals surface area contributed by atoms with Crippen LogP contribution in [0.25, 0.3) is 0 Å². The summed E-state index contributed by atoms with van der Waals surface area (Å²) in [4.78, 5) is 18.9. The van der Waals surface area contributed by atoms with Crippen molar-refractivity contribution in [1.29, 1.82) is 0 Å². The molecule has 1 saturated heterocycles. The Kier molecular flexibility index (Phi) is 6.98. The zero-order valence-electron chi connectivity index (χ0n) is 15.1. The zero-order chi connectivity index (χ0) is 22.1. The van der Waals surface area contributed by atoms with Gasteiger partial charge in [-0.3, -0.25) is 0 Å². The number of carbonyl (C=O) groups is 1. The van der Waals surface area contributed by atoms with Gasteiger partial charge in [0.1, 0.15) is 11.7 Å². The molecule has 0 aliphatic carbocycles. The van der Waals surface area contributed by atoms with Crippen LogP contribution in [-0.4, -0.2) is 53.0 Å². The summed E-state index contributed by atoms with van der Waals surface area (Å²) >= 11 is 14.1. The molecule has 2 heterocycles. The molecule has 1 N–H and O–H groups in total. The van der Waals surface area contributed by atoms with Crippen LogP contribution in [0.15, 0.2) is 33.7 Å². The van der Waals surface area contributed by atoms with Crippen molar-refractivity contribution < 1.29 is 23.1 Å². The van der Waals surface area contributed by atoms with Gasteiger partial charge in [-0.15, -0.1) is 0 Å². The Morgan fingerprint density at radius 3 is 2.33 bits per heavy atom. The van der Waals surface area contributed by atoms with Crippen LogP contribution in [0, 0.1) is 0 Å². The number of carboxylic acids is 1. The summed E-state index contributed by atoms with van der Waals surface area (Å²) in [6.45, 7) is 1.80. The van der Waals surface area contributed by atoms with E-state index in [9.17, 15) is 18.0 Å². The van der Waals surface area contributed by atoms with E-state index in [2.05, 4.69) is 8.19 Å². The number of halogens is 6. The second kappa shape index (κ2) is 9.15. The third kappa shape index (κ3) is 4.92. The predicted octanol–water partition coefficient (Wildman–Crippen LogP) is 5.02. The summed E-state index contributed by atoms with van der Waals surface area (Å²) in [7, 11) is 0. The highest BCUT2D eigenvalue weighted by Crippen LogP contribution is 2.33. The number of rotatable bonds is 3. The van der Waals surface area contributed by atoms with Crippen molar-refractivity contribution in [2.24, 2.45) is 3.21 Å². The van der Waals surface area contributed by atoms with Crippen LogP contribution < -0.4 is 4.90 Å². The maximum atomic E-state index is 13.1. The van der Waals surface area contributed by atoms with Gasteiger partial charge in [0, 0.05) is 37.9 Å². The minimum Gasteiger partial charge on any atom is -0.478 e. The highest BCUT2D eigenvalue weighted by molar-refractivity contribution is 14.1. The number of hydrogen-bond acceptors (Lipinski definition) is 4. The Morgan fingerprint density at radius 1 is 1.13 bits per heavy atom. The number of nitrogens with zero attached hydrogens (tertiary/aromatic N) is 4. The van der Waals surface area contributed by atoms with Gasteiger partial charge in [0.25, 0.3) is 0 Å². The molecule has 1 aliphatic heterocycles. The average Bonchev–Trinajstić information content (AvgIpc) is 2.69. The number of carboxylic acid groups (broad SMARTS) is 1. The Hall–Kier alpha value is -1.79. The first-order valence-corrected chi connectivity index (χ1v) is 10.3. The van der Waals surface area contributed by atoms with E-state index in [0.29, 0.717) is 37.8 Å². The molecule has 0 unspecified atom stereocenters. The van der Waals surface area contributed by atoms with Gasteiger partial charge in [-0.1, -0.05) is 23.2 Å². The predicted molar refractivity (Wildman–Crippen MR) is 117 cm³/mol. The molecule has 3 rings (SSSR count). The van der Waals surface area contributed by atoms with Gasteiger partial charge in [0.05, 0.1) is 44.0 Å². The molecular formula is C18H14Cl2F3IN4O2. The van der Waals surface area contributed by atoms with Crippen LogP contribution in [0.2, 0.25) is 10.0 Å². The number of benzene rings is 1. The molecule has 1 aromatic carbocycles. The van der Waals surface area contributed by atoms with E-state index in [-0.39, 0.29) is 21.2 Å². The molecule has 30 heavy (non-hydrogen) atoms. The van der Waals surface area contributed by atoms with Crippen LogP contribution in [0.3, 0.4) is 0 Å². The molecule has 0 saturated carbocycles. The molecule has 0 bridgehead atoms. The quantitative estimate of drug-likeness (QED) is 0.318. The molecular weight excluding hydrogens is 559 g/mol. The van der Waals surface area contributed by atoms with Crippen molar-refractivity contribution in [3.8, 4) is 0 Å². The second-order valence-electron chi connectivity index (χ2n) is 6.41. The normalized spacial score (nSPS) is 15.5. The lowest BCUT2D eigenvalue weighted by Crippen LogP contribution is -2.49. The van der Waals surface area contributed by atoms with E-state index in [1.165, 1.54) is 18.3 Å². The van der Waals surface area contributed by atoms with Crippen molar-refractivity contribution in [2.45, 2.75) is 6.18 Å². The SMILES string of the molecule is O=C(O)c1cnc(N2CCN(C(=NI)c3cc(C(F)(F)F)ccc3Cl)CC2)c(Cl)c1. The van der Waals surface area contributed by atoms with E-state index in [1.54, 1.807) is 22.9 Å². The molecule has 6 nitrogen and oxygen atoms in total. The number of aromatic nitrogens is 1. The maximum absolute atomic E-state index is 13.1. The van der Waals surface area contributed by atoms with Gasteiger partial charge in [0.15, 0.2) is 0 Å². The van der Waals surface area contributed by atoms with Crippen LogP contribution in [0.4, 0.5) is 19.0 Å². The fraction of sp³-hybridized carbons (Fsp3) is 0.278. The number of hydrogen-bond donors (Lipinski definition) is 1. The van der Waals surface area contributed by atoms with Gasteiger partial charge < -0.3 is 14.9 Å². The Labute approximate surface area is 193 Å². The molecule has 2 aromatic rings. The highest BCUT2D eigenvalue weighted by Gasteiger charge is 2.32. The summed E-state index contributed by atoms with van der Waals surface area (Å²) in [6.07, 6.45) is -3.25. The van der Waals surface area contributed by atoms with Crippen molar-refractivity contribution in [1.82, 2.24) is 9.88 Å². The first kappa shape index (κ1) is 22.9. The van der Waals surface area contributed by atoms with E-state index >= 15 is 0 Å². The summed E-state index contributed by atoms with van der Waals surface area (Å²) in [5.41, 5.74) is -0.607. The monoisotopic (exact) mass is 572 g/mol. The number of alkyl halides is 3. The summed E-state index contributed by atoms with van der Waals surface area (Å²) in [5.74, 6) is -0.320. The molecule has 12 heteroatoms. The van der Waals surface area contributed by atoms with Gasteiger partial charge in [0.2, 0.25) is 0 Å². The smallest absolute Gasteiger partial charge is 0.416 e. The molecule has 160 valence electrons. The van der Waals surface area contributed by atoms with Gasteiger partial charge in [-0.2, -0.15) is 16.4 Å². The molecule has 1 aliphatic rings. The van der Waals surface area contributed by atoms with Crippen molar-refractivity contribution >= 4 is 63.7 Å². The molecule has 0 atom stereocenters. The lowest BCUT2D eigenvalue weighted by Gasteiger charge is -2.37. The fourth-order valence-electron chi connectivity index (χ4n) is 3.05. The van der Waals surface area contributed by atoms with E-state index in [0.717, 1.165) is 12.1 Å². The number of pyridine rings is 1. The average molecular weight is 573 g/mol. The Bertz CT molecular complexity index is 996. The molecule has 0 radical (unpaired) electrons. The Morgan fingerprint density at radius 2 is 1.80 bits per heavy atom. The van der Waals surface area contributed by atoms with Crippen molar-refractivity contribution in [3.05, 3.63) is 57.2 Å². The summed E-state index contributed by atoms with van der Waals surface area (Å²) in [5, 5.41) is 9.41. The van der Waals surface area contributed by atoms with Gasteiger partial charge in [-0.05, 0) is 24.3 Å². The fourth-order valence-corrected chi connectivity index (χ4v) is 4.11. The highest BCUT2D eigenvalue weighted by atomic mass is 127. The van der Waals surface area contributed by atoms with Crippen LogP contribution >= 0.6 is 46.1 Å². The number of anilines is 1. The molecule has 1 fully saturated rings. The van der Waals surface area contributed by atoms with Gasteiger partial charge in [-0.25, -0.2) is 9.78 Å². The first-order chi connectivity index (χ1) is 14.1. The third-order valence-electron chi connectivity index (χ3n) is 4.56. The first-order valence-electron chi connectivity index (χ1n) is 8.56. The number of aromatic carboxylic acids is 1. The minimum atomic E-state index is -4.49.